The molecule has 1 fully saturated rings. The fraction of sp³-hybridized carbons (Fsp3) is 0.857. The molecule has 4 nitrogen and oxygen atoms in total. The first kappa shape index (κ1) is 9.83. The average molecular weight is 189 g/mol. The molecule has 1 aliphatic heterocycles. The van der Waals surface area contributed by atoms with Gasteiger partial charge in [0.1, 0.15) is 0 Å². The molecular weight excluding hydrogens is 174 g/mol. The summed E-state index contributed by atoms with van der Waals surface area (Å²) in [5.41, 5.74) is 5.38. The van der Waals surface area contributed by atoms with Gasteiger partial charge < -0.3 is 11.1 Å². The van der Waals surface area contributed by atoms with Crippen LogP contribution >= 0.6 is 11.8 Å². The van der Waals surface area contributed by atoms with Crippen LogP contribution in [0.3, 0.4) is 0 Å². The van der Waals surface area contributed by atoms with E-state index in [4.69, 9.17) is 5.73 Å². The normalized spacial score (nSPS) is 25.3. The van der Waals surface area contributed by atoms with Gasteiger partial charge in [-0.15, -0.1) is 11.8 Å². The molecule has 0 aromatic carbocycles. The molecule has 4 N–H and O–H groups in total. The zero-order valence-electron chi connectivity index (χ0n) is 7.17. The maximum atomic E-state index is 11.4. The molecule has 0 aromatic heterocycles. The molecule has 1 rings (SSSR count). The quantitative estimate of drug-likeness (QED) is 0.539. The summed E-state index contributed by atoms with van der Waals surface area (Å²) in [5.74, 6) is 1.80. The molecule has 0 aliphatic carbocycles. The predicted molar refractivity (Wildman–Crippen MR) is 50.9 cm³/mol. The number of rotatable bonds is 3. The largest absolute Gasteiger partial charge is 0.351 e. The van der Waals surface area contributed by atoms with Crippen LogP contribution < -0.4 is 16.4 Å². The van der Waals surface area contributed by atoms with E-state index >= 15 is 0 Å². The Bertz CT molecular complexity index is 159. The molecule has 0 aromatic rings. The Hall–Kier alpha value is -0.260. The second-order valence-electron chi connectivity index (χ2n) is 2.92. The third-order valence-electron chi connectivity index (χ3n) is 1.78. The van der Waals surface area contributed by atoms with Gasteiger partial charge in [0.15, 0.2) is 0 Å². The van der Waals surface area contributed by atoms with Crippen LogP contribution in [0.4, 0.5) is 0 Å². The zero-order chi connectivity index (χ0) is 8.97. The highest BCUT2D eigenvalue weighted by Gasteiger charge is 2.22. The Morgan fingerprint density at radius 2 is 2.67 bits per heavy atom. The van der Waals surface area contributed by atoms with Crippen LogP contribution in [0.2, 0.25) is 0 Å². The van der Waals surface area contributed by atoms with Crippen LogP contribution in [0.5, 0.6) is 0 Å². The molecule has 0 bridgehead atoms. The number of carbonyl (C=O) groups excluding carboxylic acids is 1. The lowest BCUT2D eigenvalue weighted by Crippen LogP contribution is -2.47. The van der Waals surface area contributed by atoms with Crippen molar-refractivity contribution in [3.8, 4) is 0 Å². The third-order valence-corrected chi connectivity index (χ3v) is 2.71. The lowest BCUT2D eigenvalue weighted by molar-refractivity contribution is -0.122. The van der Waals surface area contributed by atoms with Gasteiger partial charge in [0.05, 0.1) is 6.04 Å². The zero-order valence-corrected chi connectivity index (χ0v) is 7.99. The first-order valence-corrected chi connectivity index (χ1v) is 5.21. The average Bonchev–Trinajstić information content (AvgIpc) is 2.56. The van der Waals surface area contributed by atoms with Crippen molar-refractivity contribution in [2.75, 3.05) is 18.2 Å². The van der Waals surface area contributed by atoms with Gasteiger partial charge in [-0.3, -0.25) is 10.1 Å². The summed E-state index contributed by atoms with van der Waals surface area (Å²) in [5, 5.41) is 5.93. The number of nitrogens with two attached hydrogens (primary N) is 1. The molecule has 5 heteroatoms. The number of amides is 1. The SMILES string of the molecule is C[C@H](CN)NC(=O)[C@H]1CSCN1. The smallest absolute Gasteiger partial charge is 0.238 e. The topological polar surface area (TPSA) is 67.1 Å². The number of carbonyl (C=O) groups is 1. The van der Waals surface area contributed by atoms with Gasteiger partial charge in [-0.2, -0.15) is 0 Å². The third kappa shape index (κ3) is 2.66. The van der Waals surface area contributed by atoms with Gasteiger partial charge in [0.2, 0.25) is 5.91 Å². The Morgan fingerprint density at radius 1 is 1.92 bits per heavy atom. The summed E-state index contributed by atoms with van der Waals surface area (Å²) < 4.78 is 0. The molecule has 0 unspecified atom stereocenters. The lowest BCUT2D eigenvalue weighted by Gasteiger charge is -2.14. The van der Waals surface area contributed by atoms with Crippen LogP contribution in [0.15, 0.2) is 0 Å². The molecule has 1 aliphatic rings. The van der Waals surface area contributed by atoms with E-state index in [2.05, 4.69) is 10.6 Å². The Morgan fingerprint density at radius 3 is 3.17 bits per heavy atom. The van der Waals surface area contributed by atoms with E-state index in [1.54, 1.807) is 11.8 Å². The van der Waals surface area contributed by atoms with Crippen molar-refractivity contribution >= 4 is 17.7 Å². The Balaban J connectivity index is 2.27. The molecule has 0 saturated carbocycles. The molecule has 1 amide bonds. The van der Waals surface area contributed by atoms with E-state index in [1.807, 2.05) is 6.92 Å². The molecule has 1 saturated heterocycles. The minimum atomic E-state index is -0.0241. The van der Waals surface area contributed by atoms with E-state index in [9.17, 15) is 4.79 Å². The molecule has 2 atom stereocenters. The molecule has 0 spiro atoms. The summed E-state index contributed by atoms with van der Waals surface area (Å²) >= 11 is 1.74. The maximum Gasteiger partial charge on any atom is 0.238 e. The van der Waals surface area contributed by atoms with Gasteiger partial charge >= 0.3 is 0 Å². The molecular formula is C7H15N3OS. The Kier molecular flexibility index (Phi) is 3.84. The number of hydrogen-bond acceptors (Lipinski definition) is 4. The molecule has 1 heterocycles. The van der Waals surface area contributed by atoms with Crippen LogP contribution in [-0.2, 0) is 4.79 Å². The monoisotopic (exact) mass is 189 g/mol. The van der Waals surface area contributed by atoms with Crippen molar-refractivity contribution in [3.63, 3.8) is 0 Å². The van der Waals surface area contributed by atoms with E-state index in [-0.39, 0.29) is 18.0 Å². The van der Waals surface area contributed by atoms with Gasteiger partial charge in [-0.1, -0.05) is 0 Å². The second kappa shape index (κ2) is 4.69. The number of hydrogen-bond donors (Lipinski definition) is 3. The fourth-order valence-electron chi connectivity index (χ4n) is 0.966. The van der Waals surface area contributed by atoms with Crippen LogP contribution in [0, 0.1) is 0 Å². The van der Waals surface area contributed by atoms with Gasteiger partial charge in [0.25, 0.3) is 0 Å². The van der Waals surface area contributed by atoms with Crippen molar-refractivity contribution in [3.05, 3.63) is 0 Å². The van der Waals surface area contributed by atoms with Gasteiger partial charge in [-0.25, -0.2) is 0 Å². The highest BCUT2D eigenvalue weighted by Crippen LogP contribution is 2.09. The summed E-state index contributed by atoms with van der Waals surface area (Å²) in [4.78, 5) is 11.4. The first-order valence-electron chi connectivity index (χ1n) is 4.05. The van der Waals surface area contributed by atoms with Crippen molar-refractivity contribution in [1.82, 2.24) is 10.6 Å². The molecule has 12 heavy (non-hydrogen) atoms. The summed E-state index contributed by atoms with van der Waals surface area (Å²) in [6.07, 6.45) is 0. The van der Waals surface area contributed by atoms with E-state index in [0.29, 0.717) is 6.54 Å². The maximum absolute atomic E-state index is 11.4. The van der Waals surface area contributed by atoms with Crippen molar-refractivity contribution in [2.24, 2.45) is 5.73 Å². The second-order valence-corrected chi connectivity index (χ2v) is 3.95. The van der Waals surface area contributed by atoms with E-state index in [1.165, 1.54) is 0 Å². The van der Waals surface area contributed by atoms with Gasteiger partial charge in [-0.05, 0) is 6.92 Å². The van der Waals surface area contributed by atoms with E-state index in [0.717, 1.165) is 11.6 Å². The van der Waals surface area contributed by atoms with Crippen molar-refractivity contribution in [2.45, 2.75) is 19.0 Å². The predicted octanol–water partition coefficient (Wildman–Crippen LogP) is -0.888. The van der Waals surface area contributed by atoms with Crippen LogP contribution in [-0.4, -0.2) is 36.2 Å². The standard InChI is InChI=1S/C7H15N3OS/c1-5(2-8)10-7(11)6-3-12-4-9-6/h5-6,9H,2-4,8H2,1H3,(H,10,11)/t5-,6-/m1/s1. The molecule has 70 valence electrons. The Labute approximate surface area is 76.6 Å². The summed E-state index contributed by atoms with van der Waals surface area (Å²) in [6.45, 7) is 2.39. The van der Waals surface area contributed by atoms with Crippen LogP contribution in [0.25, 0.3) is 0 Å². The van der Waals surface area contributed by atoms with Crippen molar-refractivity contribution in [1.29, 1.82) is 0 Å². The van der Waals surface area contributed by atoms with Gasteiger partial charge in [0, 0.05) is 24.2 Å². The minimum absolute atomic E-state index is 0.0241. The summed E-state index contributed by atoms with van der Waals surface area (Å²) in [7, 11) is 0. The number of nitrogens with one attached hydrogen (secondary N) is 2. The van der Waals surface area contributed by atoms with Crippen molar-refractivity contribution < 1.29 is 4.79 Å². The molecule has 0 radical (unpaired) electrons. The first-order chi connectivity index (χ1) is 5.74. The highest BCUT2D eigenvalue weighted by atomic mass is 32.2. The lowest BCUT2D eigenvalue weighted by atomic mass is 10.2. The highest BCUT2D eigenvalue weighted by molar-refractivity contribution is 7.99. The fourth-order valence-corrected chi connectivity index (χ4v) is 1.91. The van der Waals surface area contributed by atoms with Crippen LogP contribution in [0.1, 0.15) is 6.92 Å². The minimum Gasteiger partial charge on any atom is -0.351 e. The summed E-state index contributed by atoms with van der Waals surface area (Å²) in [6, 6.07) is 0.0499. The van der Waals surface area contributed by atoms with E-state index < -0.39 is 0 Å². The number of thioether (sulfide) groups is 1.